The Morgan fingerprint density at radius 2 is 1.92 bits per heavy atom. The molecule has 1 aliphatic heterocycles. The fourth-order valence-electron chi connectivity index (χ4n) is 2.72. The number of carbonyl (C=O) groups is 2. The van der Waals surface area contributed by atoms with Gasteiger partial charge >= 0.3 is 12.0 Å². The molecule has 0 spiro atoms. The number of carbonyl (C=O) groups excluding carboxylic acids is 2. The van der Waals surface area contributed by atoms with E-state index in [1.54, 1.807) is 6.92 Å². The highest BCUT2D eigenvalue weighted by Gasteiger charge is 2.39. The maximum Gasteiger partial charge on any atom is 0.341 e. The van der Waals surface area contributed by atoms with Gasteiger partial charge in [0.15, 0.2) is 0 Å². The highest BCUT2D eigenvalue weighted by Crippen LogP contribution is 2.34. The number of benzene rings is 1. The molecule has 0 aliphatic carbocycles. The van der Waals surface area contributed by atoms with Gasteiger partial charge < -0.3 is 14.8 Å². The molecule has 0 bridgehead atoms. The second-order valence-corrected chi connectivity index (χ2v) is 6.89. The quantitative estimate of drug-likeness (QED) is 0.800. The van der Waals surface area contributed by atoms with Crippen LogP contribution in [0.5, 0.6) is 5.75 Å². The van der Waals surface area contributed by atoms with Crippen LogP contribution in [0.15, 0.2) is 29.3 Å². The molecule has 0 fully saturated rings. The Hall–Kier alpha value is -2.37. The molecular weight excluding hydrogens is 320 g/mol. The van der Waals surface area contributed by atoms with Gasteiger partial charge in [0.2, 0.25) is 0 Å². The molecule has 1 aromatic rings. The number of amides is 2. The molecule has 0 radical (unpaired) electrons. The molecule has 6 nitrogen and oxygen atoms in total. The number of hydrogen-bond acceptors (Lipinski definition) is 4. The Morgan fingerprint density at radius 3 is 2.56 bits per heavy atom. The van der Waals surface area contributed by atoms with Crippen molar-refractivity contribution < 1.29 is 19.1 Å². The zero-order chi connectivity index (χ0) is 18.6. The van der Waals surface area contributed by atoms with Crippen LogP contribution in [0.1, 0.15) is 46.2 Å². The molecule has 25 heavy (non-hydrogen) atoms. The number of hydrogen-bond donors (Lipinski definition) is 1. The van der Waals surface area contributed by atoms with Gasteiger partial charge in [0.1, 0.15) is 11.7 Å². The van der Waals surface area contributed by atoms with E-state index in [4.69, 9.17) is 9.47 Å². The van der Waals surface area contributed by atoms with Crippen LogP contribution in [-0.2, 0) is 9.53 Å². The average Bonchev–Trinajstić information content (AvgIpc) is 2.51. The molecule has 1 aliphatic rings. The number of urea groups is 1. The van der Waals surface area contributed by atoms with Crippen molar-refractivity contribution in [2.75, 3.05) is 6.61 Å². The standard InChI is InChI=1S/C19H26N2O4/c1-11(2)10-24-18(22)16-13(5)20-19(23)21-17(16)14-8-6-7-9-15(14)25-12(3)4/h6-9,11-12,16-17H,10H2,1-5H3,(H,21,23). The van der Waals surface area contributed by atoms with Crippen molar-refractivity contribution in [1.82, 2.24) is 5.32 Å². The van der Waals surface area contributed by atoms with Gasteiger partial charge in [-0.3, -0.25) is 4.79 Å². The third kappa shape index (κ3) is 4.81. The Balaban J connectivity index is 2.38. The topological polar surface area (TPSA) is 77.0 Å². The van der Waals surface area contributed by atoms with E-state index in [-0.39, 0.29) is 18.0 Å². The van der Waals surface area contributed by atoms with E-state index in [1.807, 2.05) is 52.0 Å². The lowest BCUT2D eigenvalue weighted by Crippen LogP contribution is -2.44. The van der Waals surface area contributed by atoms with Crippen LogP contribution < -0.4 is 10.1 Å². The second kappa shape index (κ2) is 8.14. The summed E-state index contributed by atoms with van der Waals surface area (Å²) < 4.78 is 11.3. The van der Waals surface area contributed by atoms with Gasteiger partial charge in [-0.05, 0) is 32.8 Å². The van der Waals surface area contributed by atoms with Crippen LogP contribution in [-0.4, -0.2) is 30.4 Å². The van der Waals surface area contributed by atoms with Gasteiger partial charge in [-0.2, -0.15) is 0 Å². The lowest BCUT2D eigenvalue weighted by Gasteiger charge is -2.31. The SMILES string of the molecule is CC1=NC(=O)NC(c2ccccc2OC(C)C)C1C(=O)OCC(C)C. The van der Waals surface area contributed by atoms with Crippen molar-refractivity contribution in [3.05, 3.63) is 29.8 Å². The van der Waals surface area contributed by atoms with E-state index in [9.17, 15) is 9.59 Å². The first-order valence-corrected chi connectivity index (χ1v) is 8.57. The first-order chi connectivity index (χ1) is 11.8. The normalized spacial score (nSPS) is 20.3. The molecule has 2 unspecified atom stereocenters. The summed E-state index contributed by atoms with van der Waals surface area (Å²) in [5, 5.41) is 2.79. The molecule has 0 aromatic heterocycles. The highest BCUT2D eigenvalue weighted by atomic mass is 16.5. The molecule has 0 saturated carbocycles. The summed E-state index contributed by atoms with van der Waals surface area (Å²) in [7, 11) is 0. The Kier molecular flexibility index (Phi) is 6.17. The van der Waals surface area contributed by atoms with Crippen molar-refractivity contribution >= 4 is 17.7 Å². The molecule has 1 heterocycles. The van der Waals surface area contributed by atoms with E-state index in [0.29, 0.717) is 18.1 Å². The van der Waals surface area contributed by atoms with Gasteiger partial charge in [0, 0.05) is 11.3 Å². The Bertz CT molecular complexity index is 667. The predicted octanol–water partition coefficient (Wildman–Crippen LogP) is 3.51. The van der Waals surface area contributed by atoms with Gasteiger partial charge in [-0.15, -0.1) is 0 Å². The second-order valence-electron chi connectivity index (χ2n) is 6.89. The molecule has 2 atom stereocenters. The smallest absolute Gasteiger partial charge is 0.341 e. The maximum atomic E-state index is 12.6. The van der Waals surface area contributed by atoms with Crippen LogP contribution in [0.4, 0.5) is 4.79 Å². The van der Waals surface area contributed by atoms with E-state index >= 15 is 0 Å². The molecule has 2 rings (SSSR count). The minimum absolute atomic E-state index is 0.0263. The number of para-hydroxylation sites is 1. The Morgan fingerprint density at radius 1 is 1.24 bits per heavy atom. The first-order valence-electron chi connectivity index (χ1n) is 8.57. The van der Waals surface area contributed by atoms with E-state index in [2.05, 4.69) is 10.3 Å². The van der Waals surface area contributed by atoms with Crippen LogP contribution in [0.2, 0.25) is 0 Å². The van der Waals surface area contributed by atoms with Crippen molar-refractivity contribution in [2.24, 2.45) is 16.8 Å². The number of nitrogens with zero attached hydrogens (tertiary/aromatic N) is 1. The summed E-state index contributed by atoms with van der Waals surface area (Å²) in [5.74, 6) is -0.193. The van der Waals surface area contributed by atoms with Crippen molar-refractivity contribution in [2.45, 2.75) is 46.8 Å². The summed E-state index contributed by atoms with van der Waals surface area (Å²) in [5.41, 5.74) is 1.19. The van der Waals surface area contributed by atoms with Crippen molar-refractivity contribution in [1.29, 1.82) is 0 Å². The summed E-state index contributed by atoms with van der Waals surface area (Å²) in [6.07, 6.45) is -0.0263. The summed E-state index contributed by atoms with van der Waals surface area (Å²) >= 11 is 0. The van der Waals surface area contributed by atoms with Crippen LogP contribution in [0.25, 0.3) is 0 Å². The molecule has 136 valence electrons. The fraction of sp³-hybridized carbons (Fsp3) is 0.526. The summed E-state index contributed by atoms with van der Waals surface area (Å²) in [4.78, 5) is 28.5. The minimum Gasteiger partial charge on any atom is -0.491 e. The van der Waals surface area contributed by atoms with Crippen molar-refractivity contribution in [3.8, 4) is 5.75 Å². The molecule has 1 aromatic carbocycles. The minimum atomic E-state index is -0.673. The number of nitrogens with one attached hydrogen (secondary N) is 1. The predicted molar refractivity (Wildman–Crippen MR) is 95.9 cm³/mol. The van der Waals surface area contributed by atoms with Gasteiger partial charge in [0.05, 0.1) is 18.8 Å². The molecular formula is C19H26N2O4. The van der Waals surface area contributed by atoms with Gasteiger partial charge in [-0.1, -0.05) is 32.0 Å². The lowest BCUT2D eigenvalue weighted by molar-refractivity contribution is -0.148. The molecule has 2 amide bonds. The van der Waals surface area contributed by atoms with Gasteiger partial charge in [-0.25, -0.2) is 9.79 Å². The highest BCUT2D eigenvalue weighted by molar-refractivity contribution is 6.08. The van der Waals surface area contributed by atoms with E-state index < -0.39 is 18.0 Å². The average molecular weight is 346 g/mol. The Labute approximate surface area is 148 Å². The molecule has 6 heteroatoms. The van der Waals surface area contributed by atoms with Crippen LogP contribution in [0.3, 0.4) is 0 Å². The lowest BCUT2D eigenvalue weighted by atomic mass is 9.87. The van der Waals surface area contributed by atoms with E-state index in [0.717, 1.165) is 5.56 Å². The summed E-state index contributed by atoms with van der Waals surface area (Å²) in [6.45, 7) is 9.81. The monoisotopic (exact) mass is 346 g/mol. The van der Waals surface area contributed by atoms with Crippen LogP contribution >= 0.6 is 0 Å². The zero-order valence-corrected chi connectivity index (χ0v) is 15.4. The zero-order valence-electron chi connectivity index (χ0n) is 15.4. The number of rotatable bonds is 6. The van der Waals surface area contributed by atoms with Gasteiger partial charge in [0.25, 0.3) is 0 Å². The molecule has 1 N–H and O–H groups in total. The first kappa shape index (κ1) is 19.0. The van der Waals surface area contributed by atoms with Crippen molar-refractivity contribution in [3.63, 3.8) is 0 Å². The number of ether oxygens (including phenoxy) is 2. The summed E-state index contributed by atoms with van der Waals surface area (Å²) in [6, 6.07) is 6.36. The fourth-order valence-corrected chi connectivity index (χ4v) is 2.72. The third-order valence-electron chi connectivity index (χ3n) is 3.77. The number of aliphatic imine (C=N–C) groups is 1. The molecule has 0 saturated heterocycles. The largest absolute Gasteiger partial charge is 0.491 e. The maximum absolute atomic E-state index is 12.6. The van der Waals surface area contributed by atoms with E-state index in [1.165, 1.54) is 0 Å². The number of esters is 1. The third-order valence-corrected chi connectivity index (χ3v) is 3.77. The van der Waals surface area contributed by atoms with Crippen LogP contribution in [0, 0.1) is 11.8 Å².